The van der Waals surface area contributed by atoms with Gasteiger partial charge in [0.15, 0.2) is 0 Å². The second-order valence-corrected chi connectivity index (χ2v) is 5.68. The van der Waals surface area contributed by atoms with Crippen molar-refractivity contribution in [2.24, 2.45) is 0 Å². The van der Waals surface area contributed by atoms with Crippen molar-refractivity contribution in [2.45, 2.75) is 12.8 Å². The Bertz CT molecular complexity index is 709. The first-order chi connectivity index (χ1) is 9.75. The Hall–Kier alpha value is -2.14. The average Bonchev–Trinajstić information content (AvgIpc) is 3.01. The summed E-state index contributed by atoms with van der Waals surface area (Å²) in [5.41, 5.74) is 8.83. The molecule has 0 radical (unpaired) electrons. The molecule has 1 unspecified atom stereocenters. The standard InChI is InChI=1S/C15H16N4S/c1-10(15-18-7-8-20-15)9-19-13-5-4-12-11(14(13)16)3-2-6-17-12/h2-8,10,19H,9,16H2,1H3. The Morgan fingerprint density at radius 1 is 1.25 bits per heavy atom. The number of hydrogen-bond donors (Lipinski definition) is 2. The fraction of sp³-hybridized carbons (Fsp3) is 0.200. The average molecular weight is 284 g/mol. The summed E-state index contributed by atoms with van der Waals surface area (Å²) < 4.78 is 0. The number of nitrogens with two attached hydrogens (primary N) is 1. The smallest absolute Gasteiger partial charge is 0.0970 e. The number of aromatic nitrogens is 2. The third-order valence-electron chi connectivity index (χ3n) is 3.30. The van der Waals surface area contributed by atoms with Crippen molar-refractivity contribution < 1.29 is 0 Å². The summed E-state index contributed by atoms with van der Waals surface area (Å²) in [4.78, 5) is 8.64. The summed E-state index contributed by atoms with van der Waals surface area (Å²) in [7, 11) is 0. The number of nitrogens with zero attached hydrogens (tertiary/aromatic N) is 2. The lowest BCUT2D eigenvalue weighted by Gasteiger charge is -2.14. The lowest BCUT2D eigenvalue weighted by molar-refractivity contribution is 0.795. The van der Waals surface area contributed by atoms with Gasteiger partial charge in [-0.1, -0.05) is 6.92 Å². The molecule has 1 atom stereocenters. The third kappa shape index (κ3) is 2.44. The van der Waals surface area contributed by atoms with Crippen LogP contribution >= 0.6 is 11.3 Å². The molecule has 2 heterocycles. The molecule has 0 amide bonds. The summed E-state index contributed by atoms with van der Waals surface area (Å²) in [6, 6.07) is 7.87. The molecule has 0 bridgehead atoms. The van der Waals surface area contributed by atoms with E-state index in [2.05, 4.69) is 22.2 Å². The highest BCUT2D eigenvalue weighted by Gasteiger charge is 2.10. The van der Waals surface area contributed by atoms with E-state index in [0.29, 0.717) is 5.92 Å². The predicted molar refractivity (Wildman–Crippen MR) is 85.2 cm³/mol. The summed E-state index contributed by atoms with van der Waals surface area (Å²) >= 11 is 1.68. The van der Waals surface area contributed by atoms with Crippen molar-refractivity contribution in [3.8, 4) is 0 Å². The molecule has 5 heteroatoms. The Morgan fingerprint density at radius 2 is 2.15 bits per heavy atom. The molecule has 0 spiro atoms. The van der Waals surface area contributed by atoms with Gasteiger partial charge < -0.3 is 11.1 Å². The molecule has 0 saturated heterocycles. The van der Waals surface area contributed by atoms with Crippen molar-refractivity contribution in [2.75, 3.05) is 17.6 Å². The number of nitrogens with one attached hydrogen (secondary N) is 1. The van der Waals surface area contributed by atoms with Crippen LogP contribution in [0.3, 0.4) is 0 Å². The maximum Gasteiger partial charge on any atom is 0.0970 e. The molecule has 0 aliphatic rings. The molecule has 102 valence electrons. The van der Waals surface area contributed by atoms with E-state index in [1.807, 2.05) is 35.8 Å². The minimum atomic E-state index is 0.360. The van der Waals surface area contributed by atoms with E-state index >= 15 is 0 Å². The molecule has 3 rings (SSSR count). The minimum absolute atomic E-state index is 0.360. The van der Waals surface area contributed by atoms with Crippen LogP contribution in [0.5, 0.6) is 0 Å². The molecule has 0 saturated carbocycles. The van der Waals surface area contributed by atoms with Gasteiger partial charge in [-0.25, -0.2) is 4.98 Å². The molecule has 4 nitrogen and oxygen atoms in total. The number of fused-ring (bicyclic) bond motifs is 1. The molecular formula is C15H16N4S. The molecule has 2 aromatic heterocycles. The van der Waals surface area contributed by atoms with Gasteiger partial charge in [-0.2, -0.15) is 0 Å². The number of nitrogen functional groups attached to an aromatic ring is 1. The SMILES string of the molecule is CC(CNc1ccc2ncccc2c1N)c1nccs1. The highest BCUT2D eigenvalue weighted by molar-refractivity contribution is 7.09. The van der Waals surface area contributed by atoms with Crippen LogP contribution in [-0.4, -0.2) is 16.5 Å². The van der Waals surface area contributed by atoms with Gasteiger partial charge in [0.25, 0.3) is 0 Å². The largest absolute Gasteiger partial charge is 0.397 e. The normalized spacial score (nSPS) is 12.4. The van der Waals surface area contributed by atoms with Gasteiger partial charge in [0, 0.05) is 35.6 Å². The first kappa shape index (κ1) is 12.9. The third-order valence-corrected chi connectivity index (χ3v) is 4.31. The van der Waals surface area contributed by atoms with E-state index in [1.54, 1.807) is 17.5 Å². The molecule has 0 aliphatic carbocycles. The monoisotopic (exact) mass is 284 g/mol. The molecule has 20 heavy (non-hydrogen) atoms. The Kier molecular flexibility index (Phi) is 3.52. The number of pyridine rings is 1. The lowest BCUT2D eigenvalue weighted by atomic mass is 10.1. The van der Waals surface area contributed by atoms with E-state index in [4.69, 9.17) is 5.73 Å². The van der Waals surface area contributed by atoms with E-state index < -0.39 is 0 Å². The van der Waals surface area contributed by atoms with Gasteiger partial charge in [0.1, 0.15) is 0 Å². The lowest BCUT2D eigenvalue weighted by Crippen LogP contribution is -2.11. The van der Waals surface area contributed by atoms with Gasteiger partial charge in [0.2, 0.25) is 0 Å². The van der Waals surface area contributed by atoms with Gasteiger partial charge in [0.05, 0.1) is 21.9 Å². The van der Waals surface area contributed by atoms with Gasteiger partial charge >= 0.3 is 0 Å². The Labute approximate surface area is 121 Å². The van der Waals surface area contributed by atoms with Crippen LogP contribution in [-0.2, 0) is 0 Å². The quantitative estimate of drug-likeness (QED) is 0.720. The van der Waals surface area contributed by atoms with Crippen molar-refractivity contribution in [1.82, 2.24) is 9.97 Å². The van der Waals surface area contributed by atoms with Crippen molar-refractivity contribution in [1.29, 1.82) is 0 Å². The number of thiazole rings is 1. The van der Waals surface area contributed by atoms with Crippen LogP contribution < -0.4 is 11.1 Å². The molecule has 1 aromatic carbocycles. The first-order valence-corrected chi connectivity index (χ1v) is 7.40. The molecule has 0 aliphatic heterocycles. The van der Waals surface area contributed by atoms with Crippen LogP contribution in [0.1, 0.15) is 17.8 Å². The van der Waals surface area contributed by atoms with E-state index in [1.165, 1.54) is 0 Å². The molecule has 3 N–H and O–H groups in total. The maximum absolute atomic E-state index is 6.21. The molecular weight excluding hydrogens is 268 g/mol. The summed E-state index contributed by atoms with van der Waals surface area (Å²) in [6.45, 7) is 2.97. The second-order valence-electron chi connectivity index (χ2n) is 4.75. The fourth-order valence-corrected chi connectivity index (χ4v) is 2.86. The highest BCUT2D eigenvalue weighted by Crippen LogP contribution is 2.28. The van der Waals surface area contributed by atoms with Gasteiger partial charge in [-0.05, 0) is 24.3 Å². The van der Waals surface area contributed by atoms with Crippen molar-refractivity contribution in [3.63, 3.8) is 0 Å². The second kappa shape index (κ2) is 5.46. The topological polar surface area (TPSA) is 63.8 Å². The maximum atomic E-state index is 6.21. The highest BCUT2D eigenvalue weighted by atomic mass is 32.1. The van der Waals surface area contributed by atoms with Gasteiger partial charge in [-0.15, -0.1) is 11.3 Å². The van der Waals surface area contributed by atoms with Crippen molar-refractivity contribution >= 4 is 33.6 Å². The zero-order valence-electron chi connectivity index (χ0n) is 11.2. The predicted octanol–water partition coefficient (Wildman–Crippen LogP) is 3.49. The van der Waals surface area contributed by atoms with Crippen LogP contribution in [0.2, 0.25) is 0 Å². The number of rotatable bonds is 4. The minimum Gasteiger partial charge on any atom is -0.397 e. The number of benzene rings is 1. The Balaban J connectivity index is 1.79. The summed E-state index contributed by atoms with van der Waals surface area (Å²) in [6.07, 6.45) is 3.62. The van der Waals surface area contributed by atoms with Crippen LogP contribution in [0.4, 0.5) is 11.4 Å². The fourth-order valence-electron chi connectivity index (χ4n) is 2.16. The van der Waals surface area contributed by atoms with E-state index in [0.717, 1.165) is 33.8 Å². The van der Waals surface area contributed by atoms with Crippen LogP contribution in [0.15, 0.2) is 42.0 Å². The number of anilines is 2. The first-order valence-electron chi connectivity index (χ1n) is 6.52. The molecule has 3 aromatic rings. The van der Waals surface area contributed by atoms with Crippen LogP contribution in [0.25, 0.3) is 10.9 Å². The summed E-state index contributed by atoms with van der Waals surface area (Å²) in [5, 5.41) is 7.53. The number of hydrogen-bond acceptors (Lipinski definition) is 5. The zero-order chi connectivity index (χ0) is 13.9. The van der Waals surface area contributed by atoms with Gasteiger partial charge in [-0.3, -0.25) is 4.98 Å². The zero-order valence-corrected chi connectivity index (χ0v) is 12.0. The Morgan fingerprint density at radius 3 is 2.95 bits per heavy atom. The van der Waals surface area contributed by atoms with E-state index in [-0.39, 0.29) is 0 Å². The molecule has 0 fully saturated rings. The van der Waals surface area contributed by atoms with Crippen LogP contribution in [0, 0.1) is 0 Å². The van der Waals surface area contributed by atoms with Crippen molar-refractivity contribution in [3.05, 3.63) is 47.0 Å². The summed E-state index contributed by atoms with van der Waals surface area (Å²) in [5.74, 6) is 0.360. The van der Waals surface area contributed by atoms with E-state index in [9.17, 15) is 0 Å².